The summed E-state index contributed by atoms with van der Waals surface area (Å²) in [6.45, 7) is 1.60. The molecule has 4 rings (SSSR count). The molecule has 114 valence electrons. The number of para-hydroxylation sites is 1. The summed E-state index contributed by atoms with van der Waals surface area (Å²) < 4.78 is 5.57. The Bertz CT molecular complexity index is 670. The van der Waals surface area contributed by atoms with E-state index in [-0.39, 0.29) is 23.0 Å². The summed E-state index contributed by atoms with van der Waals surface area (Å²) in [6.07, 6.45) is 0.355. The highest BCUT2D eigenvalue weighted by Crippen LogP contribution is 2.43. The highest BCUT2D eigenvalue weighted by molar-refractivity contribution is 7.80. The third-order valence-corrected chi connectivity index (χ3v) is 4.94. The van der Waals surface area contributed by atoms with Crippen molar-refractivity contribution in [3.8, 4) is 0 Å². The number of benzene rings is 1. The van der Waals surface area contributed by atoms with Crippen LogP contribution in [0, 0.1) is 5.41 Å². The Labute approximate surface area is 132 Å². The number of ether oxygens (including phenoxy) is 1. The molecule has 3 aliphatic rings. The third kappa shape index (κ3) is 1.72. The molecule has 0 saturated carbocycles. The lowest BCUT2D eigenvalue weighted by Gasteiger charge is -2.52. The average Bonchev–Trinajstić information content (AvgIpc) is 2.52. The van der Waals surface area contributed by atoms with E-state index in [1.165, 1.54) is 0 Å². The van der Waals surface area contributed by atoms with Gasteiger partial charge in [0.15, 0.2) is 10.5 Å². The largest absolute Gasteiger partial charge is 0.377 e. The summed E-state index contributed by atoms with van der Waals surface area (Å²) >= 11 is 4.93. The van der Waals surface area contributed by atoms with E-state index in [1.807, 2.05) is 24.3 Å². The smallest absolute Gasteiger partial charge is 0.244 e. The van der Waals surface area contributed by atoms with Crippen LogP contribution in [0.4, 0.5) is 5.69 Å². The first-order valence-corrected chi connectivity index (χ1v) is 7.63. The van der Waals surface area contributed by atoms with Crippen LogP contribution in [0.2, 0.25) is 0 Å². The quantitative estimate of drug-likeness (QED) is 0.519. The summed E-state index contributed by atoms with van der Waals surface area (Å²) in [5, 5.41) is 5.30. The van der Waals surface area contributed by atoms with Gasteiger partial charge in [-0.15, -0.1) is 0 Å². The van der Waals surface area contributed by atoms with Crippen LogP contribution >= 0.6 is 12.2 Å². The Morgan fingerprint density at radius 3 is 2.73 bits per heavy atom. The molecule has 1 atom stereocenters. The number of anilines is 1. The van der Waals surface area contributed by atoms with Crippen LogP contribution in [0.5, 0.6) is 0 Å². The molecule has 0 radical (unpaired) electrons. The second-order valence-electron chi connectivity index (χ2n) is 5.80. The molecule has 3 heterocycles. The molecule has 1 spiro atoms. The van der Waals surface area contributed by atoms with Gasteiger partial charge in [-0.3, -0.25) is 9.59 Å². The second-order valence-corrected chi connectivity index (χ2v) is 6.21. The normalized spacial score (nSPS) is 26.1. The Morgan fingerprint density at radius 1 is 1.23 bits per heavy atom. The highest BCUT2D eigenvalue weighted by atomic mass is 32.1. The van der Waals surface area contributed by atoms with Crippen molar-refractivity contribution >= 4 is 34.8 Å². The zero-order valence-electron chi connectivity index (χ0n) is 11.8. The minimum Gasteiger partial charge on any atom is -0.377 e. The van der Waals surface area contributed by atoms with Gasteiger partial charge < -0.3 is 20.3 Å². The summed E-state index contributed by atoms with van der Waals surface area (Å²) in [5.74, 6) is -0.674. The number of hydrogen-bond donors (Lipinski definition) is 2. The van der Waals surface area contributed by atoms with Crippen molar-refractivity contribution in [1.29, 1.82) is 0 Å². The van der Waals surface area contributed by atoms with Gasteiger partial charge in [-0.2, -0.15) is 0 Å². The van der Waals surface area contributed by atoms with Crippen molar-refractivity contribution in [1.82, 2.24) is 10.6 Å². The number of thiocarbonyl (C=S) groups is 1. The molecule has 2 saturated heterocycles. The van der Waals surface area contributed by atoms with Gasteiger partial charge in [0.2, 0.25) is 11.8 Å². The fraction of sp³-hybridized carbons (Fsp3) is 0.400. The van der Waals surface area contributed by atoms with Gasteiger partial charge in [0.1, 0.15) is 0 Å². The SMILES string of the molecule is O=C1NC(=S)NC(=O)C12Cc1ccccc1N1CCOCC12. The maximum atomic E-state index is 12.7. The fourth-order valence-corrected chi connectivity index (χ4v) is 3.87. The van der Waals surface area contributed by atoms with Crippen LogP contribution in [0.3, 0.4) is 0 Å². The van der Waals surface area contributed by atoms with Gasteiger partial charge in [0.05, 0.1) is 19.3 Å². The molecule has 1 aromatic carbocycles. The lowest BCUT2D eigenvalue weighted by Crippen LogP contribution is -2.73. The number of hydrogen-bond acceptors (Lipinski definition) is 5. The van der Waals surface area contributed by atoms with E-state index in [4.69, 9.17) is 17.0 Å². The van der Waals surface area contributed by atoms with Crippen molar-refractivity contribution in [2.75, 3.05) is 24.7 Å². The second kappa shape index (κ2) is 4.76. The molecule has 7 heteroatoms. The van der Waals surface area contributed by atoms with E-state index < -0.39 is 5.41 Å². The van der Waals surface area contributed by atoms with E-state index in [2.05, 4.69) is 15.5 Å². The molecule has 0 bridgehead atoms. The van der Waals surface area contributed by atoms with Crippen LogP contribution in [0.15, 0.2) is 24.3 Å². The van der Waals surface area contributed by atoms with E-state index >= 15 is 0 Å². The first-order valence-electron chi connectivity index (χ1n) is 7.22. The zero-order chi connectivity index (χ0) is 15.3. The third-order valence-electron chi connectivity index (χ3n) is 4.73. The van der Waals surface area contributed by atoms with Crippen molar-refractivity contribution in [2.45, 2.75) is 12.5 Å². The zero-order valence-corrected chi connectivity index (χ0v) is 12.6. The van der Waals surface area contributed by atoms with Gasteiger partial charge in [-0.05, 0) is 30.3 Å². The average molecular weight is 317 g/mol. The monoisotopic (exact) mass is 317 g/mol. The van der Waals surface area contributed by atoms with Crippen molar-refractivity contribution < 1.29 is 14.3 Å². The molecule has 0 aliphatic carbocycles. The Balaban J connectivity index is 1.88. The van der Waals surface area contributed by atoms with Crippen LogP contribution in [-0.4, -0.2) is 42.7 Å². The number of fused-ring (bicyclic) bond motifs is 4. The van der Waals surface area contributed by atoms with Crippen molar-refractivity contribution in [3.05, 3.63) is 29.8 Å². The minimum atomic E-state index is -1.20. The van der Waals surface area contributed by atoms with Crippen LogP contribution in [0.25, 0.3) is 0 Å². The number of nitrogens with zero attached hydrogens (tertiary/aromatic N) is 1. The first kappa shape index (κ1) is 13.7. The van der Waals surface area contributed by atoms with Crippen molar-refractivity contribution in [2.24, 2.45) is 5.41 Å². The fourth-order valence-electron chi connectivity index (χ4n) is 3.69. The van der Waals surface area contributed by atoms with Gasteiger partial charge >= 0.3 is 0 Å². The molecular weight excluding hydrogens is 302 g/mol. The van der Waals surface area contributed by atoms with E-state index in [0.29, 0.717) is 26.2 Å². The highest BCUT2D eigenvalue weighted by Gasteiger charge is 2.59. The Hall–Kier alpha value is -1.99. The summed E-state index contributed by atoms with van der Waals surface area (Å²) in [5.41, 5.74) is 0.880. The summed E-state index contributed by atoms with van der Waals surface area (Å²) in [6, 6.07) is 7.58. The van der Waals surface area contributed by atoms with Gasteiger partial charge in [-0.25, -0.2) is 0 Å². The molecular formula is C15H15N3O3S. The lowest BCUT2D eigenvalue weighted by atomic mass is 9.69. The molecule has 1 aromatic rings. The van der Waals surface area contributed by atoms with E-state index in [1.54, 1.807) is 0 Å². The predicted molar refractivity (Wildman–Crippen MR) is 83.4 cm³/mol. The van der Waals surface area contributed by atoms with Gasteiger partial charge in [0.25, 0.3) is 0 Å². The molecule has 6 nitrogen and oxygen atoms in total. The number of morpholine rings is 1. The molecule has 22 heavy (non-hydrogen) atoms. The maximum Gasteiger partial charge on any atom is 0.244 e. The topological polar surface area (TPSA) is 70.7 Å². The molecule has 2 amide bonds. The molecule has 3 aliphatic heterocycles. The minimum absolute atomic E-state index is 0.0720. The van der Waals surface area contributed by atoms with Gasteiger partial charge in [0, 0.05) is 12.2 Å². The molecule has 0 aromatic heterocycles. The summed E-state index contributed by atoms with van der Waals surface area (Å²) in [7, 11) is 0. The van der Waals surface area contributed by atoms with Crippen LogP contribution in [-0.2, 0) is 20.7 Å². The first-order chi connectivity index (χ1) is 10.6. The number of carbonyl (C=O) groups excluding carboxylic acids is 2. The Morgan fingerprint density at radius 2 is 1.95 bits per heavy atom. The maximum absolute atomic E-state index is 12.7. The molecule has 2 fully saturated rings. The van der Waals surface area contributed by atoms with E-state index in [9.17, 15) is 9.59 Å². The molecule has 1 unspecified atom stereocenters. The number of nitrogens with one attached hydrogen (secondary N) is 2. The number of amides is 2. The van der Waals surface area contributed by atoms with Gasteiger partial charge in [-0.1, -0.05) is 18.2 Å². The standard InChI is InChI=1S/C15H15N3O3S/c19-12-15(13(20)17-14(22)16-12)7-9-3-1-2-4-10(9)18-5-6-21-8-11(15)18/h1-4,11H,5-8H2,(H2,16,17,19,20,22). The van der Waals surface area contributed by atoms with Crippen LogP contribution in [0.1, 0.15) is 5.56 Å². The molecule has 2 N–H and O–H groups in total. The van der Waals surface area contributed by atoms with Crippen molar-refractivity contribution in [3.63, 3.8) is 0 Å². The summed E-state index contributed by atoms with van der Waals surface area (Å²) in [4.78, 5) is 27.6. The Kier molecular flexibility index (Phi) is 2.95. The number of carbonyl (C=O) groups is 2. The number of rotatable bonds is 0. The lowest BCUT2D eigenvalue weighted by molar-refractivity contribution is -0.147. The van der Waals surface area contributed by atoms with E-state index in [0.717, 1.165) is 11.3 Å². The predicted octanol–water partition coefficient (Wildman–Crippen LogP) is -0.0348. The van der Waals surface area contributed by atoms with Crippen LogP contribution < -0.4 is 15.5 Å².